The third-order valence-electron chi connectivity index (χ3n) is 5.73. The van der Waals surface area contributed by atoms with E-state index in [-0.39, 0.29) is 0 Å². The monoisotopic (exact) mass is 395 g/mol. The van der Waals surface area contributed by atoms with Crippen LogP contribution in [0.15, 0.2) is 47.6 Å². The maximum absolute atomic E-state index is 5.76. The molecule has 2 heteroatoms. The summed E-state index contributed by atoms with van der Waals surface area (Å²) in [5.41, 5.74) is 5.57. The number of ether oxygens (including phenoxy) is 1. The summed E-state index contributed by atoms with van der Waals surface area (Å²) in [6, 6.07) is 6.67. The van der Waals surface area contributed by atoms with Crippen LogP contribution in [-0.2, 0) is 0 Å². The van der Waals surface area contributed by atoms with Crippen molar-refractivity contribution in [3.63, 3.8) is 0 Å². The third kappa shape index (κ3) is 7.10. The number of methoxy groups -OCH3 is 1. The predicted octanol–water partition coefficient (Wildman–Crippen LogP) is 7.81. The van der Waals surface area contributed by atoms with E-state index < -0.39 is 0 Å². The van der Waals surface area contributed by atoms with Gasteiger partial charge in [-0.05, 0) is 55.7 Å². The van der Waals surface area contributed by atoms with Gasteiger partial charge in [0.25, 0.3) is 0 Å². The van der Waals surface area contributed by atoms with Crippen LogP contribution in [0, 0.1) is 5.41 Å². The second-order valence-corrected chi connectivity index (χ2v) is 9.05. The Morgan fingerprint density at radius 2 is 1.72 bits per heavy atom. The lowest BCUT2D eigenvalue weighted by molar-refractivity contribution is 0.355. The zero-order valence-corrected chi connectivity index (χ0v) is 19.6. The Kier molecular flexibility index (Phi) is 9.07. The largest absolute Gasteiger partial charge is 0.496 e. The lowest BCUT2D eigenvalue weighted by atomic mass is 9.75. The first-order valence-corrected chi connectivity index (χ1v) is 11.4. The Morgan fingerprint density at radius 1 is 1.03 bits per heavy atom. The molecule has 0 fully saturated rings. The second kappa shape index (κ2) is 11.3. The molecular weight excluding hydrogens is 354 g/mol. The van der Waals surface area contributed by atoms with E-state index in [9.17, 15) is 0 Å². The molecule has 1 aliphatic carbocycles. The summed E-state index contributed by atoms with van der Waals surface area (Å²) < 4.78 is 5.76. The quantitative estimate of drug-likeness (QED) is 0.400. The highest BCUT2D eigenvalue weighted by atomic mass is 16.5. The van der Waals surface area contributed by atoms with Crippen LogP contribution in [0.4, 0.5) is 5.69 Å². The van der Waals surface area contributed by atoms with Crippen molar-refractivity contribution in [1.29, 1.82) is 0 Å². The van der Waals surface area contributed by atoms with Crippen molar-refractivity contribution in [3.05, 3.63) is 53.1 Å². The van der Waals surface area contributed by atoms with Gasteiger partial charge in [-0.2, -0.15) is 0 Å². The van der Waals surface area contributed by atoms with Gasteiger partial charge in [0, 0.05) is 30.4 Å². The molecule has 0 spiro atoms. The van der Waals surface area contributed by atoms with Crippen molar-refractivity contribution in [2.75, 3.05) is 25.1 Å². The highest BCUT2D eigenvalue weighted by Crippen LogP contribution is 2.38. The normalized spacial score (nSPS) is 17.6. The standard InChI is InChI=1S/C27H41NO/c1-7-10-16-28(17-11-8-2)25-15-14-24(26(19-25)29-6)13-12-23-18-22(9-3)20-27(4,5)21-23/h9,12-15,18-19H,7-8,10-11,16-17,20-21H2,1-6H3/b13-12+,22-9-. The summed E-state index contributed by atoms with van der Waals surface area (Å²) in [6.45, 7) is 13.6. The van der Waals surface area contributed by atoms with E-state index >= 15 is 0 Å². The summed E-state index contributed by atoms with van der Waals surface area (Å²) in [6.07, 6.45) is 16.2. The molecule has 160 valence electrons. The molecule has 2 nitrogen and oxygen atoms in total. The minimum Gasteiger partial charge on any atom is -0.496 e. The van der Waals surface area contributed by atoms with Crippen molar-refractivity contribution in [3.8, 4) is 5.75 Å². The number of hydrogen-bond donors (Lipinski definition) is 0. The van der Waals surface area contributed by atoms with Gasteiger partial charge in [-0.1, -0.05) is 70.4 Å². The fourth-order valence-corrected chi connectivity index (χ4v) is 4.10. The van der Waals surface area contributed by atoms with Crippen molar-refractivity contribution < 1.29 is 4.74 Å². The van der Waals surface area contributed by atoms with E-state index in [1.165, 1.54) is 42.5 Å². The maximum atomic E-state index is 5.76. The Balaban J connectivity index is 2.23. The minimum absolute atomic E-state index is 0.323. The van der Waals surface area contributed by atoms with Gasteiger partial charge in [-0.3, -0.25) is 0 Å². The van der Waals surface area contributed by atoms with Crippen molar-refractivity contribution in [1.82, 2.24) is 0 Å². The van der Waals surface area contributed by atoms with E-state index in [0.717, 1.165) is 37.2 Å². The molecule has 0 unspecified atom stereocenters. The first kappa shape index (κ1) is 23.3. The van der Waals surface area contributed by atoms with Crippen LogP contribution < -0.4 is 9.64 Å². The molecule has 0 saturated carbocycles. The molecule has 0 N–H and O–H groups in total. The highest BCUT2D eigenvalue weighted by Gasteiger charge is 2.24. The first-order chi connectivity index (χ1) is 13.9. The van der Waals surface area contributed by atoms with Crippen LogP contribution in [0.25, 0.3) is 6.08 Å². The lowest BCUT2D eigenvalue weighted by Gasteiger charge is -2.30. The Morgan fingerprint density at radius 3 is 2.31 bits per heavy atom. The molecule has 0 radical (unpaired) electrons. The van der Waals surface area contributed by atoms with Crippen LogP contribution in [0.2, 0.25) is 0 Å². The zero-order valence-electron chi connectivity index (χ0n) is 19.6. The van der Waals surface area contributed by atoms with E-state index in [1.54, 1.807) is 7.11 Å². The van der Waals surface area contributed by atoms with E-state index in [4.69, 9.17) is 4.74 Å². The number of allylic oxidation sites excluding steroid dienone is 5. The number of nitrogens with zero attached hydrogens (tertiary/aromatic N) is 1. The molecule has 0 saturated heterocycles. The molecule has 0 amide bonds. The SMILES string of the molecule is C/C=C1C=C(/C=C/c2ccc(N(CCCC)CCCC)cc2OC)CC(C)(C)C/1. The van der Waals surface area contributed by atoms with E-state index in [2.05, 4.69) is 82.0 Å². The molecule has 1 aromatic rings. The first-order valence-electron chi connectivity index (χ1n) is 11.4. The molecule has 0 atom stereocenters. The van der Waals surface area contributed by atoms with Gasteiger partial charge in [0.2, 0.25) is 0 Å². The van der Waals surface area contributed by atoms with Crippen LogP contribution in [0.1, 0.15) is 78.7 Å². The summed E-state index contributed by atoms with van der Waals surface area (Å²) in [4.78, 5) is 2.51. The second-order valence-electron chi connectivity index (χ2n) is 9.05. The van der Waals surface area contributed by atoms with Crippen molar-refractivity contribution in [2.24, 2.45) is 5.41 Å². The van der Waals surface area contributed by atoms with Crippen LogP contribution >= 0.6 is 0 Å². The highest BCUT2D eigenvalue weighted by molar-refractivity contribution is 5.65. The third-order valence-corrected chi connectivity index (χ3v) is 5.73. The summed E-state index contributed by atoms with van der Waals surface area (Å²) in [5.74, 6) is 0.957. The molecule has 1 aliphatic rings. The Bertz CT molecular complexity index is 731. The average Bonchev–Trinajstić information content (AvgIpc) is 2.71. The van der Waals surface area contributed by atoms with Crippen molar-refractivity contribution in [2.45, 2.75) is 73.1 Å². The minimum atomic E-state index is 0.323. The van der Waals surface area contributed by atoms with Crippen LogP contribution in [-0.4, -0.2) is 20.2 Å². The molecule has 1 aromatic carbocycles. The maximum Gasteiger partial charge on any atom is 0.128 e. The van der Waals surface area contributed by atoms with Gasteiger partial charge in [0.05, 0.1) is 7.11 Å². The smallest absolute Gasteiger partial charge is 0.128 e. The van der Waals surface area contributed by atoms with Crippen LogP contribution in [0.5, 0.6) is 5.75 Å². The zero-order chi connectivity index (χ0) is 21.3. The molecule has 0 aromatic heterocycles. The van der Waals surface area contributed by atoms with Gasteiger partial charge < -0.3 is 9.64 Å². The molecule has 0 aliphatic heterocycles. The van der Waals surface area contributed by atoms with Gasteiger partial charge >= 0.3 is 0 Å². The summed E-state index contributed by atoms with van der Waals surface area (Å²) in [7, 11) is 1.78. The van der Waals surface area contributed by atoms with E-state index in [0.29, 0.717) is 5.41 Å². The Labute approximate surface area is 179 Å². The van der Waals surface area contributed by atoms with Gasteiger partial charge in [0.15, 0.2) is 0 Å². The average molecular weight is 396 g/mol. The van der Waals surface area contributed by atoms with Gasteiger partial charge in [0.1, 0.15) is 5.75 Å². The molecule has 0 heterocycles. The van der Waals surface area contributed by atoms with Gasteiger partial charge in [-0.25, -0.2) is 0 Å². The number of hydrogen-bond acceptors (Lipinski definition) is 2. The number of unbranched alkanes of at least 4 members (excludes halogenated alkanes) is 2. The summed E-state index contributed by atoms with van der Waals surface area (Å²) in [5, 5.41) is 0. The lowest BCUT2D eigenvalue weighted by Crippen LogP contribution is -2.25. The Hall–Kier alpha value is -1.96. The van der Waals surface area contributed by atoms with E-state index in [1.807, 2.05) is 0 Å². The molecule has 0 bridgehead atoms. The van der Waals surface area contributed by atoms with Gasteiger partial charge in [-0.15, -0.1) is 0 Å². The molecule has 2 rings (SSSR count). The predicted molar refractivity (Wildman–Crippen MR) is 129 cm³/mol. The number of benzene rings is 1. The van der Waals surface area contributed by atoms with Crippen molar-refractivity contribution >= 4 is 11.8 Å². The number of anilines is 1. The van der Waals surface area contributed by atoms with Crippen LogP contribution in [0.3, 0.4) is 0 Å². The summed E-state index contributed by atoms with van der Waals surface area (Å²) >= 11 is 0. The topological polar surface area (TPSA) is 12.5 Å². The number of rotatable bonds is 10. The molecular formula is C27H41NO. The molecule has 29 heavy (non-hydrogen) atoms. The fraction of sp³-hybridized carbons (Fsp3) is 0.556. The fourth-order valence-electron chi connectivity index (χ4n) is 4.10.